The predicted octanol–water partition coefficient (Wildman–Crippen LogP) is 3.32. The highest BCUT2D eigenvalue weighted by atomic mass is 35.5. The van der Waals surface area contributed by atoms with Gasteiger partial charge >= 0.3 is 0 Å². The van der Waals surface area contributed by atoms with Gasteiger partial charge in [-0.2, -0.15) is 0 Å². The minimum atomic E-state index is 0.566. The number of piperidine rings is 1. The van der Waals surface area contributed by atoms with Crippen LogP contribution in [-0.2, 0) is 6.42 Å². The Labute approximate surface area is 108 Å². The van der Waals surface area contributed by atoms with E-state index >= 15 is 0 Å². The fraction of sp³-hybridized carbons (Fsp3) is 0.692. The standard InChI is InChI=1S/C13H20ClN3/c1-10(2)8-11-9-12(14)16-13(15-11)17-6-4-3-5-7-17/h9-10H,3-8H2,1-2H3. The first-order valence-corrected chi connectivity index (χ1v) is 6.81. The van der Waals surface area contributed by atoms with E-state index < -0.39 is 0 Å². The van der Waals surface area contributed by atoms with Crippen molar-refractivity contribution in [1.29, 1.82) is 0 Å². The minimum absolute atomic E-state index is 0.566. The molecule has 1 aromatic rings. The highest BCUT2D eigenvalue weighted by Crippen LogP contribution is 2.19. The van der Waals surface area contributed by atoms with E-state index in [1.54, 1.807) is 0 Å². The zero-order chi connectivity index (χ0) is 12.3. The summed E-state index contributed by atoms with van der Waals surface area (Å²) in [5.74, 6) is 1.41. The molecule has 94 valence electrons. The maximum Gasteiger partial charge on any atom is 0.226 e. The first kappa shape index (κ1) is 12.6. The third-order valence-electron chi connectivity index (χ3n) is 2.99. The SMILES string of the molecule is CC(C)Cc1cc(Cl)nc(N2CCCCC2)n1. The van der Waals surface area contributed by atoms with Crippen molar-refractivity contribution < 1.29 is 0 Å². The third kappa shape index (κ3) is 3.56. The Morgan fingerprint density at radius 3 is 2.59 bits per heavy atom. The number of hydrogen-bond donors (Lipinski definition) is 0. The Bertz CT molecular complexity index is 373. The van der Waals surface area contributed by atoms with Crippen molar-refractivity contribution in [3.05, 3.63) is 16.9 Å². The van der Waals surface area contributed by atoms with Gasteiger partial charge in [-0.15, -0.1) is 0 Å². The van der Waals surface area contributed by atoms with E-state index in [4.69, 9.17) is 11.6 Å². The van der Waals surface area contributed by atoms with E-state index in [9.17, 15) is 0 Å². The van der Waals surface area contributed by atoms with E-state index in [2.05, 4.69) is 28.7 Å². The van der Waals surface area contributed by atoms with Crippen LogP contribution in [0.2, 0.25) is 5.15 Å². The number of rotatable bonds is 3. The van der Waals surface area contributed by atoms with Gasteiger partial charge in [0.15, 0.2) is 0 Å². The van der Waals surface area contributed by atoms with Gasteiger partial charge < -0.3 is 4.90 Å². The normalized spacial score (nSPS) is 16.6. The average molecular weight is 254 g/mol. The third-order valence-corrected chi connectivity index (χ3v) is 3.19. The topological polar surface area (TPSA) is 29.0 Å². The van der Waals surface area contributed by atoms with Crippen LogP contribution < -0.4 is 4.90 Å². The second-order valence-corrected chi connectivity index (χ2v) is 5.51. The number of aromatic nitrogens is 2. The molecule has 1 aromatic heterocycles. The number of anilines is 1. The predicted molar refractivity (Wildman–Crippen MR) is 71.6 cm³/mol. The molecule has 2 heterocycles. The molecule has 17 heavy (non-hydrogen) atoms. The monoisotopic (exact) mass is 253 g/mol. The molecule has 0 bridgehead atoms. The number of hydrogen-bond acceptors (Lipinski definition) is 3. The van der Waals surface area contributed by atoms with Gasteiger partial charge in [0, 0.05) is 18.8 Å². The van der Waals surface area contributed by atoms with Crippen LogP contribution in [0.4, 0.5) is 5.95 Å². The lowest BCUT2D eigenvalue weighted by molar-refractivity contribution is 0.565. The zero-order valence-electron chi connectivity index (χ0n) is 10.6. The smallest absolute Gasteiger partial charge is 0.226 e. The van der Waals surface area contributed by atoms with E-state index in [-0.39, 0.29) is 0 Å². The molecule has 4 heteroatoms. The molecule has 0 aliphatic carbocycles. The Kier molecular flexibility index (Phi) is 4.21. The summed E-state index contributed by atoms with van der Waals surface area (Å²) in [5, 5.41) is 0.566. The lowest BCUT2D eigenvalue weighted by Crippen LogP contribution is -2.31. The lowest BCUT2D eigenvalue weighted by Gasteiger charge is -2.27. The van der Waals surface area contributed by atoms with E-state index in [0.29, 0.717) is 11.1 Å². The molecular weight excluding hydrogens is 234 g/mol. The van der Waals surface area contributed by atoms with Gasteiger partial charge in [-0.1, -0.05) is 25.4 Å². The van der Waals surface area contributed by atoms with Crippen molar-refractivity contribution >= 4 is 17.5 Å². The van der Waals surface area contributed by atoms with Gasteiger partial charge in [0.2, 0.25) is 5.95 Å². The summed E-state index contributed by atoms with van der Waals surface area (Å²) in [6, 6.07) is 1.88. The number of nitrogens with zero attached hydrogens (tertiary/aromatic N) is 3. The first-order valence-electron chi connectivity index (χ1n) is 6.43. The van der Waals surface area contributed by atoms with Crippen molar-refractivity contribution in [3.63, 3.8) is 0 Å². The highest BCUT2D eigenvalue weighted by Gasteiger charge is 2.15. The fourth-order valence-corrected chi connectivity index (χ4v) is 2.41. The maximum atomic E-state index is 6.07. The van der Waals surface area contributed by atoms with Crippen molar-refractivity contribution in [2.45, 2.75) is 39.5 Å². The van der Waals surface area contributed by atoms with E-state index in [1.807, 2.05) is 6.07 Å². The van der Waals surface area contributed by atoms with Gasteiger partial charge in [0.25, 0.3) is 0 Å². The molecule has 0 unspecified atom stereocenters. The van der Waals surface area contributed by atoms with Crippen LogP contribution in [0.25, 0.3) is 0 Å². The van der Waals surface area contributed by atoms with Gasteiger partial charge in [-0.25, -0.2) is 9.97 Å². The molecule has 0 atom stereocenters. The average Bonchev–Trinajstić information content (AvgIpc) is 2.28. The van der Waals surface area contributed by atoms with Crippen LogP contribution in [0.3, 0.4) is 0 Å². The Balaban J connectivity index is 2.18. The zero-order valence-corrected chi connectivity index (χ0v) is 11.4. The molecule has 0 N–H and O–H groups in total. The van der Waals surface area contributed by atoms with Crippen LogP contribution in [0.1, 0.15) is 38.8 Å². The molecule has 0 amide bonds. The minimum Gasteiger partial charge on any atom is -0.341 e. The lowest BCUT2D eigenvalue weighted by atomic mass is 10.1. The molecule has 0 radical (unpaired) electrons. The van der Waals surface area contributed by atoms with Crippen LogP contribution in [0.5, 0.6) is 0 Å². The van der Waals surface area contributed by atoms with Crippen molar-refractivity contribution in [3.8, 4) is 0 Å². The summed E-state index contributed by atoms with van der Waals surface area (Å²) < 4.78 is 0. The molecule has 0 saturated carbocycles. The molecule has 3 nitrogen and oxygen atoms in total. The Hall–Kier alpha value is -0.830. The molecule has 1 aliphatic heterocycles. The Morgan fingerprint density at radius 1 is 1.24 bits per heavy atom. The largest absolute Gasteiger partial charge is 0.341 e. The van der Waals surface area contributed by atoms with E-state index in [0.717, 1.165) is 31.2 Å². The molecule has 1 fully saturated rings. The van der Waals surface area contributed by atoms with Crippen molar-refractivity contribution in [2.75, 3.05) is 18.0 Å². The van der Waals surface area contributed by atoms with Crippen molar-refractivity contribution in [1.82, 2.24) is 9.97 Å². The molecule has 0 aromatic carbocycles. The van der Waals surface area contributed by atoms with Gasteiger partial charge in [0.05, 0.1) is 0 Å². The van der Waals surface area contributed by atoms with Crippen LogP contribution in [0.15, 0.2) is 6.07 Å². The second-order valence-electron chi connectivity index (χ2n) is 5.13. The summed E-state index contributed by atoms with van der Waals surface area (Å²) in [7, 11) is 0. The number of halogens is 1. The van der Waals surface area contributed by atoms with Gasteiger partial charge in [0.1, 0.15) is 5.15 Å². The molecular formula is C13H20ClN3. The highest BCUT2D eigenvalue weighted by molar-refractivity contribution is 6.29. The second kappa shape index (κ2) is 5.67. The molecule has 1 aliphatic rings. The molecule has 1 saturated heterocycles. The summed E-state index contributed by atoms with van der Waals surface area (Å²) >= 11 is 6.07. The molecule has 2 rings (SSSR count). The van der Waals surface area contributed by atoms with Gasteiger partial charge in [-0.3, -0.25) is 0 Å². The van der Waals surface area contributed by atoms with Crippen molar-refractivity contribution in [2.24, 2.45) is 5.92 Å². The summed E-state index contributed by atoms with van der Waals surface area (Å²) in [4.78, 5) is 11.2. The fourth-order valence-electron chi connectivity index (χ4n) is 2.21. The van der Waals surface area contributed by atoms with Gasteiger partial charge in [-0.05, 0) is 37.7 Å². The van der Waals surface area contributed by atoms with Crippen LogP contribution >= 0.6 is 11.6 Å². The first-order chi connectivity index (χ1) is 8.15. The summed E-state index contributed by atoms with van der Waals surface area (Å²) in [5.41, 5.74) is 1.06. The maximum absolute atomic E-state index is 6.07. The quantitative estimate of drug-likeness (QED) is 0.774. The Morgan fingerprint density at radius 2 is 1.94 bits per heavy atom. The van der Waals surface area contributed by atoms with E-state index in [1.165, 1.54) is 19.3 Å². The van der Waals surface area contributed by atoms with Crippen LogP contribution in [0, 0.1) is 5.92 Å². The molecule has 0 spiro atoms. The summed E-state index contributed by atoms with van der Waals surface area (Å²) in [6.45, 7) is 6.50. The van der Waals surface area contributed by atoms with Crippen LogP contribution in [-0.4, -0.2) is 23.1 Å². The summed E-state index contributed by atoms with van der Waals surface area (Å²) in [6.07, 6.45) is 4.74.